The molecule has 0 spiro atoms. The molecule has 0 aliphatic rings. The smallest absolute Gasteiger partial charge is 0.320 e. The maximum atomic E-state index is 11.2. The van der Waals surface area contributed by atoms with Crippen molar-refractivity contribution in [2.75, 3.05) is 20.1 Å². The fraction of sp³-hybridized carbons (Fsp3) is 0.778. The molecular formula is C9H19ClN2O3. The van der Waals surface area contributed by atoms with Crippen LogP contribution in [-0.4, -0.2) is 48.1 Å². The first kappa shape index (κ1) is 16.6. The average Bonchev–Trinajstić information content (AvgIpc) is 2.13. The molecule has 0 aromatic heterocycles. The number of nitrogens with one attached hydrogen (secondary N) is 1. The van der Waals surface area contributed by atoms with Gasteiger partial charge in [0.2, 0.25) is 5.91 Å². The van der Waals surface area contributed by atoms with E-state index in [-0.39, 0.29) is 24.9 Å². The average molecular weight is 239 g/mol. The van der Waals surface area contributed by atoms with Crippen molar-refractivity contribution in [1.29, 1.82) is 0 Å². The number of nitrogens with zero attached hydrogens (tertiary/aromatic N) is 1. The summed E-state index contributed by atoms with van der Waals surface area (Å²) < 4.78 is 0. The van der Waals surface area contributed by atoms with E-state index in [1.165, 1.54) is 4.90 Å². The summed E-state index contributed by atoms with van der Waals surface area (Å²) in [5.41, 5.74) is 0. The minimum Gasteiger partial charge on any atom is -0.480 e. The predicted molar refractivity (Wildman–Crippen MR) is 60.3 cm³/mol. The van der Waals surface area contributed by atoms with Crippen molar-refractivity contribution in [3.63, 3.8) is 0 Å². The van der Waals surface area contributed by atoms with Gasteiger partial charge in [-0.15, -0.1) is 12.4 Å². The highest BCUT2D eigenvalue weighted by atomic mass is 35.5. The third-order valence-corrected chi connectivity index (χ3v) is 1.98. The summed E-state index contributed by atoms with van der Waals surface area (Å²) in [6, 6.07) is -0.637. The zero-order valence-corrected chi connectivity index (χ0v) is 10.1. The van der Waals surface area contributed by atoms with Gasteiger partial charge in [-0.3, -0.25) is 14.5 Å². The summed E-state index contributed by atoms with van der Waals surface area (Å²) in [5.74, 6) is -1.06. The van der Waals surface area contributed by atoms with E-state index in [1.54, 1.807) is 14.0 Å². The van der Waals surface area contributed by atoms with Gasteiger partial charge in [0.15, 0.2) is 0 Å². The molecule has 0 radical (unpaired) electrons. The highest BCUT2D eigenvalue weighted by Crippen LogP contribution is 1.94. The van der Waals surface area contributed by atoms with Gasteiger partial charge in [-0.1, -0.05) is 6.92 Å². The highest BCUT2D eigenvalue weighted by Gasteiger charge is 2.18. The Hall–Kier alpha value is -0.810. The fourth-order valence-electron chi connectivity index (χ4n) is 0.872. The molecule has 0 saturated heterocycles. The van der Waals surface area contributed by atoms with Crippen molar-refractivity contribution in [3.8, 4) is 0 Å². The van der Waals surface area contributed by atoms with Gasteiger partial charge in [-0.25, -0.2) is 0 Å². The van der Waals surface area contributed by atoms with Crippen LogP contribution in [0.5, 0.6) is 0 Å². The molecule has 2 N–H and O–H groups in total. The van der Waals surface area contributed by atoms with E-state index in [1.807, 2.05) is 6.92 Å². The van der Waals surface area contributed by atoms with Gasteiger partial charge < -0.3 is 10.4 Å². The summed E-state index contributed by atoms with van der Waals surface area (Å²) in [6.07, 6.45) is 0.879. The Kier molecular flexibility index (Phi) is 9.41. The summed E-state index contributed by atoms with van der Waals surface area (Å²) in [5, 5.41) is 11.4. The van der Waals surface area contributed by atoms with Crippen molar-refractivity contribution < 1.29 is 14.7 Å². The lowest BCUT2D eigenvalue weighted by Gasteiger charge is -2.20. The van der Waals surface area contributed by atoms with Gasteiger partial charge in [0.05, 0.1) is 6.54 Å². The van der Waals surface area contributed by atoms with Crippen LogP contribution in [0.1, 0.15) is 20.3 Å². The molecule has 0 heterocycles. The molecule has 1 unspecified atom stereocenters. The lowest BCUT2D eigenvalue weighted by Crippen LogP contribution is -2.42. The van der Waals surface area contributed by atoms with E-state index in [0.717, 1.165) is 6.42 Å². The lowest BCUT2D eigenvalue weighted by atomic mass is 10.3. The number of carboxylic acid groups (broad SMARTS) is 1. The van der Waals surface area contributed by atoms with E-state index in [9.17, 15) is 9.59 Å². The molecular weight excluding hydrogens is 220 g/mol. The first-order chi connectivity index (χ1) is 6.49. The zero-order chi connectivity index (χ0) is 11.1. The Morgan fingerprint density at radius 1 is 1.47 bits per heavy atom. The maximum absolute atomic E-state index is 11.2. The van der Waals surface area contributed by atoms with Crippen LogP contribution >= 0.6 is 12.4 Å². The van der Waals surface area contributed by atoms with Crippen molar-refractivity contribution in [2.24, 2.45) is 0 Å². The largest absolute Gasteiger partial charge is 0.480 e. The predicted octanol–water partition coefficient (Wildman–Crippen LogP) is 0.339. The Balaban J connectivity index is 0. The van der Waals surface area contributed by atoms with Crippen molar-refractivity contribution >= 4 is 24.3 Å². The number of rotatable bonds is 6. The Morgan fingerprint density at radius 3 is 2.40 bits per heavy atom. The van der Waals surface area contributed by atoms with Gasteiger partial charge in [0.25, 0.3) is 0 Å². The summed E-state index contributed by atoms with van der Waals surface area (Å²) in [7, 11) is 1.62. The molecule has 15 heavy (non-hydrogen) atoms. The van der Waals surface area contributed by atoms with Crippen LogP contribution in [0.2, 0.25) is 0 Å². The van der Waals surface area contributed by atoms with Crippen LogP contribution in [0, 0.1) is 0 Å². The number of carbonyl (C=O) groups is 2. The van der Waals surface area contributed by atoms with E-state index < -0.39 is 12.0 Å². The molecule has 5 nitrogen and oxygen atoms in total. The number of amides is 1. The van der Waals surface area contributed by atoms with Crippen LogP contribution in [0.15, 0.2) is 0 Å². The quantitative estimate of drug-likeness (QED) is 0.700. The van der Waals surface area contributed by atoms with Crippen molar-refractivity contribution in [2.45, 2.75) is 26.3 Å². The molecule has 0 aromatic carbocycles. The minimum atomic E-state index is -0.921. The molecule has 0 bridgehead atoms. The van der Waals surface area contributed by atoms with E-state index in [2.05, 4.69) is 5.32 Å². The second-order valence-corrected chi connectivity index (χ2v) is 3.28. The number of hydrogen-bond acceptors (Lipinski definition) is 3. The lowest BCUT2D eigenvalue weighted by molar-refractivity contribution is -0.142. The third-order valence-electron chi connectivity index (χ3n) is 1.98. The van der Waals surface area contributed by atoms with Crippen LogP contribution < -0.4 is 5.32 Å². The fourth-order valence-corrected chi connectivity index (χ4v) is 0.872. The topological polar surface area (TPSA) is 69.6 Å². The number of aliphatic carboxylic acids is 1. The number of carbonyl (C=O) groups excluding carboxylic acids is 1. The van der Waals surface area contributed by atoms with Crippen LogP contribution in [0.25, 0.3) is 0 Å². The van der Waals surface area contributed by atoms with Crippen LogP contribution in [-0.2, 0) is 9.59 Å². The summed E-state index contributed by atoms with van der Waals surface area (Å²) >= 11 is 0. The van der Waals surface area contributed by atoms with Gasteiger partial charge in [-0.05, 0) is 20.4 Å². The Bertz CT molecular complexity index is 212. The summed E-state index contributed by atoms with van der Waals surface area (Å²) in [4.78, 5) is 23.2. The molecule has 6 heteroatoms. The third kappa shape index (κ3) is 7.16. The molecule has 0 rings (SSSR count). The van der Waals surface area contributed by atoms with E-state index in [0.29, 0.717) is 6.54 Å². The second-order valence-electron chi connectivity index (χ2n) is 3.28. The number of halogens is 1. The highest BCUT2D eigenvalue weighted by molar-refractivity contribution is 5.85. The van der Waals surface area contributed by atoms with Gasteiger partial charge >= 0.3 is 5.97 Å². The van der Waals surface area contributed by atoms with Crippen molar-refractivity contribution in [1.82, 2.24) is 10.2 Å². The molecule has 1 atom stereocenters. The van der Waals surface area contributed by atoms with Gasteiger partial charge in [0, 0.05) is 6.54 Å². The first-order valence-electron chi connectivity index (χ1n) is 4.68. The molecule has 1 amide bonds. The van der Waals surface area contributed by atoms with Crippen LogP contribution in [0.3, 0.4) is 0 Å². The number of hydrogen-bond donors (Lipinski definition) is 2. The molecule has 0 aliphatic carbocycles. The standard InChI is InChI=1S/C9H18N2O3.ClH/c1-4-5-10-8(12)6-11(3)7(2)9(13)14;/h7H,4-6H2,1-3H3,(H,10,12)(H,13,14);1H. The van der Waals surface area contributed by atoms with Crippen LogP contribution in [0.4, 0.5) is 0 Å². The molecule has 0 saturated carbocycles. The van der Waals surface area contributed by atoms with Gasteiger partial charge in [0.1, 0.15) is 6.04 Å². The van der Waals surface area contributed by atoms with E-state index in [4.69, 9.17) is 5.11 Å². The van der Waals surface area contributed by atoms with Gasteiger partial charge in [-0.2, -0.15) is 0 Å². The summed E-state index contributed by atoms with van der Waals surface area (Å²) in [6.45, 7) is 4.26. The monoisotopic (exact) mass is 238 g/mol. The molecule has 0 fully saturated rings. The Morgan fingerprint density at radius 2 is 2.00 bits per heavy atom. The molecule has 0 aliphatic heterocycles. The van der Waals surface area contributed by atoms with Crippen molar-refractivity contribution in [3.05, 3.63) is 0 Å². The minimum absolute atomic E-state index is 0. The zero-order valence-electron chi connectivity index (χ0n) is 9.32. The number of likely N-dealkylation sites (N-methyl/N-ethyl adjacent to an activating group) is 1. The Labute approximate surface area is 96.2 Å². The first-order valence-corrected chi connectivity index (χ1v) is 4.68. The number of carboxylic acids is 1. The molecule has 0 aromatic rings. The van der Waals surface area contributed by atoms with E-state index >= 15 is 0 Å². The normalized spacial score (nSPS) is 11.7. The second kappa shape index (κ2) is 8.49. The maximum Gasteiger partial charge on any atom is 0.320 e. The SMILES string of the molecule is CCCNC(=O)CN(C)C(C)C(=O)O.Cl. The molecule has 90 valence electrons.